The van der Waals surface area contributed by atoms with Crippen molar-refractivity contribution >= 4 is 32.6 Å². The number of amides is 1. The molecule has 9 nitrogen and oxygen atoms in total. The summed E-state index contributed by atoms with van der Waals surface area (Å²) in [6.07, 6.45) is 6.96. The van der Waals surface area contributed by atoms with E-state index in [-0.39, 0.29) is 5.91 Å². The van der Waals surface area contributed by atoms with Gasteiger partial charge in [-0.3, -0.25) is 19.8 Å². The van der Waals surface area contributed by atoms with Gasteiger partial charge in [0, 0.05) is 49.4 Å². The summed E-state index contributed by atoms with van der Waals surface area (Å²) in [6, 6.07) is 3.33. The zero-order valence-corrected chi connectivity index (χ0v) is 16.9. The van der Waals surface area contributed by atoms with E-state index < -0.39 is 0 Å². The van der Waals surface area contributed by atoms with E-state index in [1.165, 1.54) is 18.4 Å². The number of aryl methyl sites for hydroxylation is 1. The first-order chi connectivity index (χ1) is 14.1. The van der Waals surface area contributed by atoms with Crippen molar-refractivity contribution in [1.82, 2.24) is 24.7 Å². The number of carbonyl (C=O) groups is 1. The third kappa shape index (κ3) is 3.80. The standard InChI is InChI=1S/C19H18N6O3S/c1-25-9-12(7-22-25)14-8-21-18(28-3)15-16(14)29-19(23-15)24-17(26)11-4-5-20-13(6-11)10-27-2/h4-9H,10H2,1-3H3,(H,23,24,26). The van der Waals surface area contributed by atoms with Gasteiger partial charge in [0.2, 0.25) is 5.88 Å². The number of hydrogen-bond donors (Lipinski definition) is 1. The minimum Gasteiger partial charge on any atom is -0.479 e. The summed E-state index contributed by atoms with van der Waals surface area (Å²) < 4.78 is 13.0. The van der Waals surface area contributed by atoms with Crippen LogP contribution >= 0.6 is 11.3 Å². The van der Waals surface area contributed by atoms with Crippen LogP contribution < -0.4 is 10.1 Å². The predicted molar refractivity (Wildman–Crippen MR) is 109 cm³/mol. The van der Waals surface area contributed by atoms with E-state index in [1.54, 1.807) is 42.5 Å². The molecule has 0 unspecified atom stereocenters. The molecule has 29 heavy (non-hydrogen) atoms. The van der Waals surface area contributed by atoms with Gasteiger partial charge in [-0.05, 0) is 12.1 Å². The maximum Gasteiger partial charge on any atom is 0.257 e. The Bertz CT molecular complexity index is 1190. The van der Waals surface area contributed by atoms with E-state index in [0.717, 1.165) is 15.8 Å². The highest BCUT2D eigenvalue weighted by atomic mass is 32.1. The van der Waals surface area contributed by atoms with Crippen molar-refractivity contribution in [3.63, 3.8) is 0 Å². The lowest BCUT2D eigenvalue weighted by atomic mass is 10.1. The molecule has 0 aliphatic carbocycles. The van der Waals surface area contributed by atoms with Gasteiger partial charge in [-0.15, -0.1) is 0 Å². The smallest absolute Gasteiger partial charge is 0.257 e. The highest BCUT2D eigenvalue weighted by Gasteiger charge is 2.18. The zero-order chi connectivity index (χ0) is 20.4. The molecule has 0 radical (unpaired) electrons. The molecule has 4 heterocycles. The summed E-state index contributed by atoms with van der Waals surface area (Å²) in [7, 11) is 4.97. The van der Waals surface area contributed by atoms with Crippen molar-refractivity contribution in [3.05, 3.63) is 48.2 Å². The summed E-state index contributed by atoms with van der Waals surface area (Å²) in [5, 5.41) is 7.51. The minimum atomic E-state index is -0.279. The van der Waals surface area contributed by atoms with Gasteiger partial charge in [0.1, 0.15) is 5.52 Å². The van der Waals surface area contributed by atoms with Crippen LogP contribution in [0.3, 0.4) is 0 Å². The van der Waals surface area contributed by atoms with E-state index in [2.05, 4.69) is 25.4 Å². The zero-order valence-electron chi connectivity index (χ0n) is 16.0. The molecule has 0 aliphatic heterocycles. The molecule has 148 valence electrons. The molecular weight excluding hydrogens is 392 g/mol. The molecule has 0 saturated carbocycles. The van der Waals surface area contributed by atoms with E-state index in [9.17, 15) is 4.79 Å². The first kappa shape index (κ1) is 19.0. The van der Waals surface area contributed by atoms with Crippen LogP contribution in [0.25, 0.3) is 21.3 Å². The number of anilines is 1. The summed E-state index contributed by atoms with van der Waals surface area (Å²) in [4.78, 5) is 25.7. The third-order valence-electron chi connectivity index (χ3n) is 4.19. The van der Waals surface area contributed by atoms with Gasteiger partial charge in [0.25, 0.3) is 5.91 Å². The van der Waals surface area contributed by atoms with Crippen LogP contribution in [0.5, 0.6) is 5.88 Å². The second-order valence-corrected chi connectivity index (χ2v) is 7.20. The van der Waals surface area contributed by atoms with Crippen LogP contribution in [-0.4, -0.2) is 44.9 Å². The Labute approximate surface area is 170 Å². The van der Waals surface area contributed by atoms with Crippen LogP contribution in [0, 0.1) is 0 Å². The second kappa shape index (κ2) is 7.94. The van der Waals surface area contributed by atoms with E-state index >= 15 is 0 Å². The molecular formula is C19H18N6O3S. The monoisotopic (exact) mass is 410 g/mol. The number of ether oxygens (including phenoxy) is 2. The maximum absolute atomic E-state index is 12.7. The van der Waals surface area contributed by atoms with Crippen LogP contribution in [-0.2, 0) is 18.4 Å². The van der Waals surface area contributed by atoms with Gasteiger partial charge >= 0.3 is 0 Å². The number of thiazole rings is 1. The predicted octanol–water partition coefficient (Wildman–Crippen LogP) is 2.89. The Morgan fingerprint density at radius 2 is 2.14 bits per heavy atom. The quantitative estimate of drug-likeness (QED) is 0.521. The van der Waals surface area contributed by atoms with Crippen molar-refractivity contribution in [2.75, 3.05) is 19.5 Å². The largest absolute Gasteiger partial charge is 0.479 e. The fraction of sp³-hybridized carbons (Fsp3) is 0.211. The molecule has 0 atom stereocenters. The van der Waals surface area contributed by atoms with Gasteiger partial charge in [-0.1, -0.05) is 11.3 Å². The van der Waals surface area contributed by atoms with Gasteiger partial charge in [0.05, 0.1) is 30.3 Å². The normalized spacial score (nSPS) is 11.0. The summed E-state index contributed by atoms with van der Waals surface area (Å²) >= 11 is 1.35. The van der Waals surface area contributed by atoms with Crippen LogP contribution in [0.15, 0.2) is 36.9 Å². The maximum atomic E-state index is 12.7. The molecule has 4 aromatic heterocycles. The topological polar surface area (TPSA) is 104 Å². The Morgan fingerprint density at radius 3 is 2.86 bits per heavy atom. The first-order valence-corrected chi connectivity index (χ1v) is 9.48. The highest BCUT2D eigenvalue weighted by Crippen LogP contribution is 2.38. The lowest BCUT2D eigenvalue weighted by Crippen LogP contribution is -2.12. The summed E-state index contributed by atoms with van der Waals surface area (Å²) in [5.41, 5.74) is 3.52. The average Bonchev–Trinajstić information content (AvgIpc) is 3.33. The number of nitrogens with zero attached hydrogens (tertiary/aromatic N) is 5. The fourth-order valence-electron chi connectivity index (χ4n) is 2.87. The summed E-state index contributed by atoms with van der Waals surface area (Å²) in [5.74, 6) is 0.120. The Morgan fingerprint density at radius 1 is 1.28 bits per heavy atom. The Kier molecular flexibility index (Phi) is 5.19. The molecule has 0 saturated heterocycles. The van der Waals surface area contributed by atoms with Crippen molar-refractivity contribution in [2.24, 2.45) is 7.05 Å². The van der Waals surface area contributed by atoms with Gasteiger partial charge in [-0.2, -0.15) is 5.10 Å². The lowest BCUT2D eigenvalue weighted by molar-refractivity contribution is 0.102. The highest BCUT2D eigenvalue weighted by molar-refractivity contribution is 7.23. The van der Waals surface area contributed by atoms with Crippen molar-refractivity contribution in [3.8, 4) is 17.0 Å². The minimum absolute atomic E-state index is 0.279. The number of methoxy groups -OCH3 is 2. The van der Waals surface area contributed by atoms with Gasteiger partial charge in [-0.25, -0.2) is 9.97 Å². The van der Waals surface area contributed by atoms with Gasteiger partial charge in [0.15, 0.2) is 5.13 Å². The van der Waals surface area contributed by atoms with E-state index in [0.29, 0.717) is 34.4 Å². The number of nitrogens with one attached hydrogen (secondary N) is 1. The van der Waals surface area contributed by atoms with Gasteiger partial charge < -0.3 is 9.47 Å². The Balaban J connectivity index is 1.69. The molecule has 1 amide bonds. The van der Waals surface area contributed by atoms with Crippen molar-refractivity contribution < 1.29 is 14.3 Å². The number of carbonyl (C=O) groups excluding carboxylic acids is 1. The number of pyridine rings is 2. The molecule has 0 fully saturated rings. The number of rotatable bonds is 6. The van der Waals surface area contributed by atoms with Crippen LogP contribution in [0.2, 0.25) is 0 Å². The first-order valence-electron chi connectivity index (χ1n) is 8.67. The SMILES string of the molecule is COCc1cc(C(=O)Nc2nc3c(OC)ncc(-c4cnn(C)c4)c3s2)ccn1. The molecule has 0 aliphatic rings. The average molecular weight is 410 g/mol. The molecule has 4 aromatic rings. The second-order valence-electron chi connectivity index (χ2n) is 6.20. The molecule has 1 N–H and O–H groups in total. The fourth-order valence-corrected chi connectivity index (χ4v) is 3.86. The lowest BCUT2D eigenvalue weighted by Gasteiger charge is -2.03. The van der Waals surface area contributed by atoms with Crippen molar-refractivity contribution in [2.45, 2.75) is 6.61 Å². The van der Waals surface area contributed by atoms with E-state index in [4.69, 9.17) is 9.47 Å². The number of hydrogen-bond acceptors (Lipinski definition) is 8. The molecule has 0 spiro atoms. The van der Waals surface area contributed by atoms with Crippen molar-refractivity contribution in [1.29, 1.82) is 0 Å². The number of fused-ring (bicyclic) bond motifs is 1. The number of aromatic nitrogens is 5. The van der Waals surface area contributed by atoms with E-state index in [1.807, 2.05) is 13.2 Å². The van der Waals surface area contributed by atoms with Crippen LogP contribution in [0.1, 0.15) is 16.1 Å². The van der Waals surface area contributed by atoms with Crippen LogP contribution in [0.4, 0.5) is 5.13 Å². The molecule has 10 heteroatoms. The molecule has 4 rings (SSSR count). The Hall–Kier alpha value is -3.37. The summed E-state index contributed by atoms with van der Waals surface area (Å²) in [6.45, 7) is 0.333. The molecule has 0 bridgehead atoms. The third-order valence-corrected chi connectivity index (χ3v) is 5.19. The molecule has 0 aromatic carbocycles.